The zero-order valence-electron chi connectivity index (χ0n) is 12.3. The summed E-state index contributed by atoms with van der Waals surface area (Å²) in [4.78, 5) is 2.33. The summed E-state index contributed by atoms with van der Waals surface area (Å²) in [5.41, 5.74) is 1.30. The van der Waals surface area contributed by atoms with Gasteiger partial charge in [-0.1, -0.05) is 48.0 Å². The molecule has 1 N–H and O–H groups in total. The smallest absolute Gasteiger partial charge is 0.0630 e. The Bertz CT molecular complexity index is 371. The molecule has 3 nitrogen and oxygen atoms in total. The molecule has 0 heterocycles. The molecule has 1 unspecified atom stereocenters. The average molecular weight is 329 g/mol. The van der Waals surface area contributed by atoms with Gasteiger partial charge >= 0.3 is 0 Å². The van der Waals surface area contributed by atoms with Crippen molar-refractivity contribution in [3.05, 3.63) is 34.3 Å². The van der Waals surface area contributed by atoms with Crippen molar-refractivity contribution in [3.63, 3.8) is 0 Å². The molecule has 108 valence electrons. The van der Waals surface area contributed by atoms with Gasteiger partial charge in [-0.2, -0.15) is 0 Å². The van der Waals surface area contributed by atoms with E-state index in [1.165, 1.54) is 5.56 Å². The minimum Gasteiger partial charge on any atom is -0.383 e. The highest BCUT2D eigenvalue weighted by Crippen LogP contribution is 2.18. The highest BCUT2D eigenvalue weighted by atomic mass is 79.9. The van der Waals surface area contributed by atoms with Gasteiger partial charge in [-0.25, -0.2) is 0 Å². The van der Waals surface area contributed by atoms with E-state index < -0.39 is 0 Å². The van der Waals surface area contributed by atoms with Crippen LogP contribution < -0.4 is 5.32 Å². The number of methoxy groups -OCH3 is 1. The second-order valence-electron chi connectivity index (χ2n) is 5.18. The first-order valence-electron chi connectivity index (χ1n) is 6.70. The van der Waals surface area contributed by atoms with Crippen LogP contribution in [0.4, 0.5) is 0 Å². The van der Waals surface area contributed by atoms with Crippen LogP contribution in [0.1, 0.15) is 19.4 Å². The Balaban J connectivity index is 2.60. The second kappa shape index (κ2) is 8.69. The van der Waals surface area contributed by atoms with Gasteiger partial charge in [-0.05, 0) is 18.7 Å². The minimum absolute atomic E-state index is 0.375. The highest BCUT2D eigenvalue weighted by Gasteiger charge is 2.16. The van der Waals surface area contributed by atoms with E-state index in [-0.39, 0.29) is 0 Å². The number of benzene rings is 1. The first-order valence-corrected chi connectivity index (χ1v) is 7.49. The normalized spacial score (nSPS) is 13.2. The first kappa shape index (κ1) is 16.6. The van der Waals surface area contributed by atoms with E-state index >= 15 is 0 Å². The van der Waals surface area contributed by atoms with E-state index in [0.29, 0.717) is 12.1 Å². The van der Waals surface area contributed by atoms with Crippen LogP contribution in [-0.2, 0) is 11.3 Å². The third kappa shape index (κ3) is 6.04. The fourth-order valence-corrected chi connectivity index (χ4v) is 2.34. The molecule has 4 heteroatoms. The summed E-state index contributed by atoms with van der Waals surface area (Å²) >= 11 is 3.60. The van der Waals surface area contributed by atoms with E-state index in [2.05, 4.69) is 65.2 Å². The molecule has 0 aliphatic carbocycles. The zero-order chi connectivity index (χ0) is 14.3. The van der Waals surface area contributed by atoms with Gasteiger partial charge in [0.15, 0.2) is 0 Å². The first-order chi connectivity index (χ1) is 9.04. The average Bonchev–Trinajstić information content (AvgIpc) is 2.37. The Kier molecular flexibility index (Phi) is 7.61. The number of hydrogen-bond acceptors (Lipinski definition) is 3. The number of rotatable bonds is 8. The maximum Gasteiger partial charge on any atom is 0.0630 e. The topological polar surface area (TPSA) is 24.5 Å². The molecule has 0 aliphatic heterocycles. The quantitative estimate of drug-likeness (QED) is 0.794. The van der Waals surface area contributed by atoms with Gasteiger partial charge in [0.05, 0.1) is 6.61 Å². The Morgan fingerprint density at radius 3 is 2.58 bits per heavy atom. The van der Waals surface area contributed by atoms with Crippen molar-refractivity contribution in [3.8, 4) is 0 Å². The molecular weight excluding hydrogens is 304 g/mol. The van der Waals surface area contributed by atoms with Crippen LogP contribution in [0.15, 0.2) is 28.7 Å². The van der Waals surface area contributed by atoms with Crippen molar-refractivity contribution in [2.75, 3.05) is 27.3 Å². The summed E-state index contributed by atoms with van der Waals surface area (Å²) in [6.07, 6.45) is 0. The Labute approximate surface area is 125 Å². The molecule has 1 aromatic carbocycles. The molecule has 0 aromatic heterocycles. The van der Waals surface area contributed by atoms with Gasteiger partial charge in [-0.3, -0.25) is 4.90 Å². The lowest BCUT2D eigenvalue weighted by Gasteiger charge is -2.29. The molecule has 1 atom stereocenters. The number of halogens is 1. The van der Waals surface area contributed by atoms with Crippen LogP contribution in [-0.4, -0.2) is 44.3 Å². The molecule has 0 spiro atoms. The standard InChI is InChI=1S/C15H25BrN2O/c1-12(2)17-9-14(11-19-4)18(3)10-13-7-5-6-8-15(13)16/h5-8,12,14,17H,9-11H2,1-4H3. The lowest BCUT2D eigenvalue weighted by molar-refractivity contribution is 0.100. The van der Waals surface area contributed by atoms with E-state index in [1.54, 1.807) is 7.11 Å². The third-order valence-corrected chi connectivity index (χ3v) is 3.90. The second-order valence-corrected chi connectivity index (χ2v) is 6.03. The zero-order valence-corrected chi connectivity index (χ0v) is 13.9. The Hall–Kier alpha value is -0.420. The molecule has 0 fully saturated rings. The number of ether oxygens (including phenoxy) is 1. The van der Waals surface area contributed by atoms with Crippen molar-refractivity contribution in [1.82, 2.24) is 10.2 Å². The SMILES string of the molecule is COCC(CNC(C)C)N(C)Cc1ccccc1Br. The summed E-state index contributed by atoms with van der Waals surface area (Å²) in [5, 5.41) is 3.48. The summed E-state index contributed by atoms with van der Waals surface area (Å²) < 4.78 is 6.49. The van der Waals surface area contributed by atoms with Gasteiger partial charge in [0.25, 0.3) is 0 Å². The van der Waals surface area contributed by atoms with E-state index in [1.807, 2.05) is 6.07 Å². The fraction of sp³-hybridized carbons (Fsp3) is 0.600. The molecule has 0 bridgehead atoms. The summed E-state index contributed by atoms with van der Waals surface area (Å²) in [6, 6.07) is 9.23. The van der Waals surface area contributed by atoms with Gasteiger partial charge in [0.2, 0.25) is 0 Å². The van der Waals surface area contributed by atoms with Crippen LogP contribution in [0.25, 0.3) is 0 Å². The minimum atomic E-state index is 0.375. The van der Waals surface area contributed by atoms with Crippen LogP contribution in [0.5, 0.6) is 0 Å². The molecule has 0 saturated heterocycles. The molecule has 0 aliphatic rings. The molecule has 1 rings (SSSR count). The summed E-state index contributed by atoms with van der Waals surface area (Å²) in [7, 11) is 3.90. The van der Waals surface area contributed by atoms with Gasteiger partial charge in [0, 0.05) is 36.8 Å². The van der Waals surface area contributed by atoms with E-state index in [4.69, 9.17) is 4.74 Å². The lowest BCUT2D eigenvalue weighted by Crippen LogP contribution is -2.44. The molecule has 19 heavy (non-hydrogen) atoms. The van der Waals surface area contributed by atoms with E-state index in [0.717, 1.165) is 24.2 Å². The Morgan fingerprint density at radius 1 is 1.32 bits per heavy atom. The summed E-state index contributed by atoms with van der Waals surface area (Å²) in [6.45, 7) is 6.91. The third-order valence-electron chi connectivity index (χ3n) is 3.12. The van der Waals surface area contributed by atoms with Gasteiger partial charge < -0.3 is 10.1 Å². The largest absolute Gasteiger partial charge is 0.383 e. The van der Waals surface area contributed by atoms with Gasteiger partial charge in [0.1, 0.15) is 0 Å². The number of nitrogens with zero attached hydrogens (tertiary/aromatic N) is 1. The van der Waals surface area contributed by atoms with E-state index in [9.17, 15) is 0 Å². The number of hydrogen-bond donors (Lipinski definition) is 1. The fourth-order valence-electron chi connectivity index (χ4n) is 1.93. The van der Waals surface area contributed by atoms with Crippen LogP contribution in [0, 0.1) is 0 Å². The molecular formula is C15H25BrN2O. The maximum atomic E-state index is 5.33. The van der Waals surface area contributed by atoms with Crippen molar-refractivity contribution in [1.29, 1.82) is 0 Å². The monoisotopic (exact) mass is 328 g/mol. The molecule has 0 saturated carbocycles. The number of likely N-dealkylation sites (N-methyl/N-ethyl adjacent to an activating group) is 1. The number of nitrogens with one attached hydrogen (secondary N) is 1. The lowest BCUT2D eigenvalue weighted by atomic mass is 10.2. The van der Waals surface area contributed by atoms with Crippen LogP contribution in [0.2, 0.25) is 0 Å². The molecule has 0 amide bonds. The van der Waals surface area contributed by atoms with Crippen molar-refractivity contribution < 1.29 is 4.74 Å². The van der Waals surface area contributed by atoms with Crippen LogP contribution in [0.3, 0.4) is 0 Å². The Morgan fingerprint density at radius 2 is 2.00 bits per heavy atom. The van der Waals surface area contributed by atoms with Gasteiger partial charge in [-0.15, -0.1) is 0 Å². The van der Waals surface area contributed by atoms with Crippen molar-refractivity contribution in [2.45, 2.75) is 32.5 Å². The van der Waals surface area contributed by atoms with Crippen molar-refractivity contribution >= 4 is 15.9 Å². The molecule has 0 radical (unpaired) electrons. The summed E-state index contributed by atoms with van der Waals surface area (Å²) in [5.74, 6) is 0. The predicted octanol–water partition coefficient (Wildman–Crippen LogP) is 2.89. The van der Waals surface area contributed by atoms with Crippen molar-refractivity contribution in [2.24, 2.45) is 0 Å². The predicted molar refractivity (Wildman–Crippen MR) is 84.4 cm³/mol. The maximum absolute atomic E-state index is 5.33. The van der Waals surface area contributed by atoms with Crippen LogP contribution >= 0.6 is 15.9 Å². The molecule has 1 aromatic rings. The highest BCUT2D eigenvalue weighted by molar-refractivity contribution is 9.10.